The van der Waals surface area contributed by atoms with Crippen LogP contribution in [0.2, 0.25) is 0 Å². The largest absolute Gasteiger partial charge is 0.309 e. The van der Waals surface area contributed by atoms with Gasteiger partial charge in [0, 0.05) is 9.75 Å². The maximum atomic E-state index is 3.49. The molecule has 1 aromatic heterocycles. The van der Waals surface area contributed by atoms with Crippen LogP contribution in [-0.4, -0.2) is 7.05 Å². The predicted octanol–water partition coefficient (Wildman–Crippen LogP) is 4.83. The summed E-state index contributed by atoms with van der Waals surface area (Å²) < 4.78 is 0. The molecular weight excluding hydrogens is 262 g/mol. The standard InChI is InChI=1S/C18H19NS/c1-12-8-10-14-6-4-5-7-15(14)17(12)18(19-3)16-11-9-13(2)20-16/h4-11,18-19H,1-3H3. The lowest BCUT2D eigenvalue weighted by molar-refractivity contribution is 0.705. The SMILES string of the molecule is CNC(c1ccc(C)s1)c1c(C)ccc2ccccc12. The highest BCUT2D eigenvalue weighted by Crippen LogP contribution is 2.34. The number of fused-ring (bicyclic) bond motifs is 1. The van der Waals surface area contributed by atoms with Gasteiger partial charge in [-0.3, -0.25) is 0 Å². The van der Waals surface area contributed by atoms with E-state index in [2.05, 4.69) is 67.7 Å². The number of hydrogen-bond donors (Lipinski definition) is 1. The number of nitrogens with one attached hydrogen (secondary N) is 1. The Labute approximate surface area is 124 Å². The van der Waals surface area contributed by atoms with Crippen LogP contribution >= 0.6 is 11.3 Å². The smallest absolute Gasteiger partial charge is 0.0677 e. The molecule has 1 nitrogen and oxygen atoms in total. The molecule has 3 aromatic rings. The lowest BCUT2D eigenvalue weighted by Gasteiger charge is -2.20. The minimum absolute atomic E-state index is 0.264. The summed E-state index contributed by atoms with van der Waals surface area (Å²) >= 11 is 1.87. The van der Waals surface area contributed by atoms with E-state index < -0.39 is 0 Å². The molecule has 0 aliphatic heterocycles. The maximum Gasteiger partial charge on any atom is 0.0677 e. The molecule has 0 saturated heterocycles. The van der Waals surface area contributed by atoms with Crippen LogP contribution in [0.1, 0.15) is 26.9 Å². The van der Waals surface area contributed by atoms with Crippen molar-refractivity contribution in [3.63, 3.8) is 0 Å². The van der Waals surface area contributed by atoms with Crippen LogP contribution in [0.15, 0.2) is 48.5 Å². The first-order valence-electron chi connectivity index (χ1n) is 6.92. The summed E-state index contributed by atoms with van der Waals surface area (Å²) in [5.41, 5.74) is 2.74. The fourth-order valence-electron chi connectivity index (χ4n) is 2.83. The molecule has 0 amide bonds. The highest BCUT2D eigenvalue weighted by Gasteiger charge is 2.18. The number of hydrogen-bond acceptors (Lipinski definition) is 2. The van der Waals surface area contributed by atoms with Crippen LogP contribution in [0.4, 0.5) is 0 Å². The molecule has 0 saturated carbocycles. The minimum Gasteiger partial charge on any atom is -0.309 e. The molecule has 0 bridgehead atoms. The zero-order valence-electron chi connectivity index (χ0n) is 12.1. The van der Waals surface area contributed by atoms with E-state index in [4.69, 9.17) is 0 Å². The fraction of sp³-hybridized carbons (Fsp3) is 0.222. The van der Waals surface area contributed by atoms with Gasteiger partial charge in [0.2, 0.25) is 0 Å². The van der Waals surface area contributed by atoms with Crippen molar-refractivity contribution in [3.05, 3.63) is 69.4 Å². The molecule has 2 heteroatoms. The van der Waals surface area contributed by atoms with E-state index in [1.165, 1.54) is 31.7 Å². The van der Waals surface area contributed by atoms with E-state index in [-0.39, 0.29) is 6.04 Å². The Balaban J connectivity index is 2.23. The topological polar surface area (TPSA) is 12.0 Å². The van der Waals surface area contributed by atoms with E-state index in [0.717, 1.165) is 0 Å². The maximum absolute atomic E-state index is 3.49. The van der Waals surface area contributed by atoms with Crippen molar-refractivity contribution >= 4 is 22.1 Å². The summed E-state index contributed by atoms with van der Waals surface area (Å²) in [7, 11) is 2.04. The molecule has 2 aromatic carbocycles. The second-order valence-corrected chi connectivity index (χ2v) is 6.51. The van der Waals surface area contributed by atoms with Crippen molar-refractivity contribution in [2.24, 2.45) is 0 Å². The van der Waals surface area contributed by atoms with Gasteiger partial charge in [-0.05, 0) is 54.9 Å². The third-order valence-electron chi connectivity index (χ3n) is 3.81. The van der Waals surface area contributed by atoms with E-state index in [1.54, 1.807) is 0 Å². The van der Waals surface area contributed by atoms with Crippen molar-refractivity contribution in [1.82, 2.24) is 5.32 Å². The number of benzene rings is 2. The summed E-state index contributed by atoms with van der Waals surface area (Å²) in [5, 5.41) is 6.14. The van der Waals surface area contributed by atoms with Gasteiger partial charge in [-0.2, -0.15) is 0 Å². The molecule has 1 unspecified atom stereocenters. The molecule has 102 valence electrons. The van der Waals surface area contributed by atoms with Crippen LogP contribution in [0.5, 0.6) is 0 Å². The molecule has 20 heavy (non-hydrogen) atoms. The van der Waals surface area contributed by atoms with Crippen LogP contribution < -0.4 is 5.32 Å². The summed E-state index contributed by atoms with van der Waals surface area (Å²) in [6.45, 7) is 4.36. The monoisotopic (exact) mass is 281 g/mol. The van der Waals surface area contributed by atoms with Crippen LogP contribution in [0, 0.1) is 13.8 Å². The van der Waals surface area contributed by atoms with E-state index in [9.17, 15) is 0 Å². The van der Waals surface area contributed by atoms with Crippen molar-refractivity contribution in [2.45, 2.75) is 19.9 Å². The van der Waals surface area contributed by atoms with Gasteiger partial charge in [-0.1, -0.05) is 36.4 Å². The summed E-state index contributed by atoms with van der Waals surface area (Å²) in [6.07, 6.45) is 0. The first-order chi connectivity index (χ1) is 9.70. The molecule has 0 spiro atoms. The molecule has 1 heterocycles. The highest BCUT2D eigenvalue weighted by atomic mass is 32.1. The Morgan fingerprint density at radius 3 is 2.45 bits per heavy atom. The quantitative estimate of drug-likeness (QED) is 0.725. The summed E-state index contributed by atoms with van der Waals surface area (Å²) in [5.74, 6) is 0. The Morgan fingerprint density at radius 2 is 1.75 bits per heavy atom. The molecule has 0 aliphatic rings. The van der Waals surface area contributed by atoms with Gasteiger partial charge >= 0.3 is 0 Å². The first kappa shape index (κ1) is 13.3. The number of rotatable bonds is 3. The van der Waals surface area contributed by atoms with Gasteiger partial charge in [0.15, 0.2) is 0 Å². The van der Waals surface area contributed by atoms with Gasteiger partial charge in [-0.25, -0.2) is 0 Å². The molecular formula is C18H19NS. The first-order valence-corrected chi connectivity index (χ1v) is 7.74. The molecule has 1 atom stereocenters. The summed E-state index contributed by atoms with van der Waals surface area (Å²) in [6, 6.07) is 17.8. The van der Waals surface area contributed by atoms with Crippen LogP contribution in [0.3, 0.4) is 0 Å². The highest BCUT2D eigenvalue weighted by molar-refractivity contribution is 7.12. The van der Waals surface area contributed by atoms with Crippen molar-refractivity contribution in [3.8, 4) is 0 Å². The van der Waals surface area contributed by atoms with Gasteiger partial charge in [0.05, 0.1) is 6.04 Å². The molecule has 3 rings (SSSR count). The number of aryl methyl sites for hydroxylation is 2. The van der Waals surface area contributed by atoms with Gasteiger partial charge < -0.3 is 5.32 Å². The van der Waals surface area contributed by atoms with E-state index in [0.29, 0.717) is 0 Å². The van der Waals surface area contributed by atoms with Crippen molar-refractivity contribution in [1.29, 1.82) is 0 Å². The minimum atomic E-state index is 0.264. The van der Waals surface area contributed by atoms with Gasteiger partial charge in [0.1, 0.15) is 0 Å². The van der Waals surface area contributed by atoms with E-state index in [1.807, 2.05) is 18.4 Å². The van der Waals surface area contributed by atoms with Crippen molar-refractivity contribution < 1.29 is 0 Å². The van der Waals surface area contributed by atoms with Crippen LogP contribution in [0.25, 0.3) is 10.8 Å². The van der Waals surface area contributed by atoms with Crippen LogP contribution in [-0.2, 0) is 0 Å². The Bertz CT molecular complexity index is 742. The second kappa shape index (κ2) is 5.39. The Morgan fingerprint density at radius 1 is 0.950 bits per heavy atom. The second-order valence-electron chi connectivity index (χ2n) is 5.19. The zero-order chi connectivity index (χ0) is 14.1. The third kappa shape index (κ3) is 2.26. The average Bonchev–Trinajstić information content (AvgIpc) is 2.88. The summed E-state index contributed by atoms with van der Waals surface area (Å²) in [4.78, 5) is 2.74. The fourth-order valence-corrected chi connectivity index (χ4v) is 3.82. The van der Waals surface area contributed by atoms with Gasteiger partial charge in [-0.15, -0.1) is 11.3 Å². The normalized spacial score (nSPS) is 12.8. The van der Waals surface area contributed by atoms with Crippen molar-refractivity contribution in [2.75, 3.05) is 7.05 Å². The Kier molecular flexibility index (Phi) is 3.60. The lowest BCUT2D eigenvalue weighted by Crippen LogP contribution is -2.18. The predicted molar refractivity (Wildman–Crippen MR) is 88.6 cm³/mol. The molecule has 1 N–H and O–H groups in total. The zero-order valence-corrected chi connectivity index (χ0v) is 12.9. The number of thiophene rings is 1. The molecule has 0 radical (unpaired) electrons. The average molecular weight is 281 g/mol. The van der Waals surface area contributed by atoms with Gasteiger partial charge in [0.25, 0.3) is 0 Å². The molecule has 0 aliphatic carbocycles. The molecule has 0 fully saturated rings. The lowest BCUT2D eigenvalue weighted by atomic mass is 9.93. The van der Waals surface area contributed by atoms with E-state index >= 15 is 0 Å². The third-order valence-corrected chi connectivity index (χ3v) is 4.88. The Hall–Kier alpha value is -1.64.